The highest BCUT2D eigenvalue weighted by Crippen LogP contribution is 2.18. The van der Waals surface area contributed by atoms with Gasteiger partial charge in [0.1, 0.15) is 28.5 Å². The maximum atomic E-state index is 11.8. The monoisotopic (exact) mass is 471 g/mol. The topological polar surface area (TPSA) is 207 Å². The summed E-state index contributed by atoms with van der Waals surface area (Å²) in [5, 5.41) is 36.1. The summed E-state index contributed by atoms with van der Waals surface area (Å²) in [4.78, 5) is 60.1. The van der Waals surface area contributed by atoms with Gasteiger partial charge in [0.2, 0.25) is 0 Å². The number of carboxylic acid groups (broad SMARTS) is 3. The molecule has 3 rings (SSSR count). The van der Waals surface area contributed by atoms with Gasteiger partial charge in [0.15, 0.2) is 0 Å². The van der Waals surface area contributed by atoms with Crippen LogP contribution in [0.3, 0.4) is 0 Å². The second-order valence-corrected chi connectivity index (χ2v) is 5.87. The highest BCUT2D eigenvalue weighted by molar-refractivity contribution is 5.92. The molecule has 0 aliphatic rings. The summed E-state index contributed by atoms with van der Waals surface area (Å²) in [6, 6.07) is 12.6. The average Bonchev–Trinajstić information content (AvgIpc) is 2.80. The molecular formula is C21H17N3O10. The largest absolute Gasteiger partial charge is 0.477 e. The maximum absolute atomic E-state index is 11.8. The van der Waals surface area contributed by atoms with Gasteiger partial charge in [0.05, 0.1) is 4.92 Å². The van der Waals surface area contributed by atoms with E-state index in [2.05, 4.69) is 9.97 Å². The van der Waals surface area contributed by atoms with Crippen LogP contribution in [-0.4, -0.2) is 54.1 Å². The molecule has 176 valence electrons. The van der Waals surface area contributed by atoms with Gasteiger partial charge in [-0.2, -0.15) is 0 Å². The molecule has 13 nitrogen and oxygen atoms in total. The number of non-ortho nitro benzene ring substituents is 1. The summed E-state index contributed by atoms with van der Waals surface area (Å²) >= 11 is 0. The molecule has 0 aliphatic carbocycles. The zero-order valence-electron chi connectivity index (χ0n) is 16.3. The fourth-order valence-corrected chi connectivity index (χ4v) is 2.14. The number of esters is 1. The number of hydrogen-bond acceptors (Lipinski definition) is 9. The third kappa shape index (κ3) is 7.49. The Morgan fingerprint density at radius 2 is 1.09 bits per heavy atom. The highest BCUT2D eigenvalue weighted by Gasteiger charge is 2.14. The number of carbonyl (C=O) groups is 4. The predicted octanol–water partition coefficient (Wildman–Crippen LogP) is 3.02. The first kappa shape index (κ1) is 26.8. The first-order chi connectivity index (χ1) is 15.6. The highest BCUT2D eigenvalue weighted by atomic mass is 16.6. The predicted molar refractivity (Wildman–Crippen MR) is 114 cm³/mol. The zero-order chi connectivity index (χ0) is 24.5. The number of pyridine rings is 2. The van der Waals surface area contributed by atoms with Gasteiger partial charge in [-0.1, -0.05) is 19.6 Å². The van der Waals surface area contributed by atoms with E-state index in [-0.39, 0.29) is 41.6 Å². The molecule has 3 N–H and O–H groups in total. The van der Waals surface area contributed by atoms with E-state index in [0.29, 0.717) is 0 Å². The second kappa shape index (κ2) is 12.0. The van der Waals surface area contributed by atoms with Gasteiger partial charge in [0.25, 0.3) is 5.69 Å². The molecule has 0 amide bonds. The normalized spacial score (nSPS) is 9.41. The zero-order valence-corrected chi connectivity index (χ0v) is 16.3. The molecular weight excluding hydrogens is 454 g/mol. The van der Waals surface area contributed by atoms with E-state index >= 15 is 0 Å². The van der Waals surface area contributed by atoms with E-state index in [9.17, 15) is 29.3 Å². The van der Waals surface area contributed by atoms with E-state index in [1.54, 1.807) is 0 Å². The number of benzene rings is 1. The number of aromatic nitrogens is 2. The molecule has 13 heteroatoms. The molecule has 3 aromatic rings. The van der Waals surface area contributed by atoms with E-state index in [4.69, 9.17) is 20.1 Å². The van der Waals surface area contributed by atoms with Crippen molar-refractivity contribution in [1.29, 1.82) is 0 Å². The Hall–Kier alpha value is -5.20. The number of carboxylic acids is 3. The standard InChI is InChI=1S/C13H8N2O6.C7H5NO4.CH4/c16-12(17)10-2-1-3-11(14-10)13(18)21-9-6-4-8(5-7-9)15(19)20;9-6(10)4-2-1-3-5(8-4)7(11)12;/h1-7H,(H,16,17);1-3H,(H,9,10)(H,11,12);1H4. The van der Waals surface area contributed by atoms with Crippen molar-refractivity contribution in [2.45, 2.75) is 7.43 Å². The maximum Gasteiger partial charge on any atom is 0.362 e. The SMILES string of the molecule is C.O=C(O)c1cccc(C(=O)O)n1.O=C(O)c1cccc(C(=O)Oc2ccc([N+](=O)[O-])cc2)n1. The van der Waals surface area contributed by atoms with E-state index in [1.165, 1.54) is 60.7 Å². The fraction of sp³-hybridized carbons (Fsp3) is 0.0476. The summed E-state index contributed by atoms with van der Waals surface area (Å²) < 4.78 is 4.95. The van der Waals surface area contributed by atoms with Crippen molar-refractivity contribution in [1.82, 2.24) is 9.97 Å². The molecule has 0 bridgehead atoms. The molecule has 34 heavy (non-hydrogen) atoms. The van der Waals surface area contributed by atoms with Crippen LogP contribution in [0, 0.1) is 10.1 Å². The summed E-state index contributed by atoms with van der Waals surface area (Å²) in [7, 11) is 0. The van der Waals surface area contributed by atoms with E-state index in [0.717, 1.165) is 0 Å². The number of nitrogens with zero attached hydrogens (tertiary/aromatic N) is 3. The minimum absolute atomic E-state index is 0. The molecule has 0 unspecified atom stereocenters. The minimum atomic E-state index is -1.26. The Labute approximate surface area is 191 Å². The lowest BCUT2D eigenvalue weighted by Gasteiger charge is -2.04. The molecule has 2 aromatic heterocycles. The summed E-state index contributed by atoms with van der Waals surface area (Å²) in [5.41, 5.74) is -1.13. The van der Waals surface area contributed by atoms with Gasteiger partial charge < -0.3 is 20.1 Å². The number of nitro benzene ring substituents is 1. The van der Waals surface area contributed by atoms with Gasteiger partial charge in [-0.15, -0.1) is 0 Å². The molecule has 0 radical (unpaired) electrons. The van der Waals surface area contributed by atoms with Crippen molar-refractivity contribution in [3.63, 3.8) is 0 Å². The Morgan fingerprint density at radius 1 is 0.706 bits per heavy atom. The van der Waals surface area contributed by atoms with Crippen molar-refractivity contribution in [3.8, 4) is 5.75 Å². The van der Waals surface area contributed by atoms with Crippen LogP contribution in [0.5, 0.6) is 5.75 Å². The third-order valence-corrected chi connectivity index (χ3v) is 3.62. The number of aromatic carboxylic acids is 3. The summed E-state index contributed by atoms with van der Waals surface area (Å²) in [6.07, 6.45) is 0. The van der Waals surface area contributed by atoms with Crippen LogP contribution in [0.25, 0.3) is 0 Å². The average molecular weight is 471 g/mol. The van der Waals surface area contributed by atoms with Crippen LogP contribution < -0.4 is 4.74 Å². The number of rotatable bonds is 6. The van der Waals surface area contributed by atoms with Crippen LogP contribution >= 0.6 is 0 Å². The van der Waals surface area contributed by atoms with Gasteiger partial charge >= 0.3 is 23.9 Å². The lowest BCUT2D eigenvalue weighted by atomic mass is 10.3. The Morgan fingerprint density at radius 3 is 1.47 bits per heavy atom. The smallest absolute Gasteiger partial charge is 0.362 e. The van der Waals surface area contributed by atoms with Crippen LogP contribution in [0.4, 0.5) is 5.69 Å². The summed E-state index contributed by atoms with van der Waals surface area (Å²) in [5.74, 6) is -4.50. The quantitative estimate of drug-likeness (QED) is 0.205. The van der Waals surface area contributed by atoms with Crippen molar-refractivity contribution in [3.05, 3.63) is 93.6 Å². The summed E-state index contributed by atoms with van der Waals surface area (Å²) in [6.45, 7) is 0. The van der Waals surface area contributed by atoms with Crippen molar-refractivity contribution < 1.29 is 44.2 Å². The van der Waals surface area contributed by atoms with Gasteiger partial charge in [-0.25, -0.2) is 29.1 Å². The van der Waals surface area contributed by atoms with E-state index < -0.39 is 28.8 Å². The molecule has 0 saturated carbocycles. The molecule has 0 atom stereocenters. The lowest BCUT2D eigenvalue weighted by molar-refractivity contribution is -0.384. The number of hydrogen-bond donors (Lipinski definition) is 3. The fourth-order valence-electron chi connectivity index (χ4n) is 2.14. The van der Waals surface area contributed by atoms with Crippen LogP contribution in [0.1, 0.15) is 49.4 Å². The second-order valence-electron chi connectivity index (χ2n) is 5.87. The molecule has 2 heterocycles. The molecule has 0 aliphatic heterocycles. The van der Waals surface area contributed by atoms with Crippen molar-refractivity contribution >= 4 is 29.6 Å². The van der Waals surface area contributed by atoms with Gasteiger partial charge in [-0.05, 0) is 36.4 Å². The number of ether oxygens (including phenoxy) is 1. The lowest BCUT2D eigenvalue weighted by Crippen LogP contribution is -2.13. The minimum Gasteiger partial charge on any atom is -0.477 e. The molecule has 0 spiro atoms. The first-order valence-corrected chi connectivity index (χ1v) is 8.69. The van der Waals surface area contributed by atoms with Crippen molar-refractivity contribution in [2.75, 3.05) is 0 Å². The van der Waals surface area contributed by atoms with Crippen LogP contribution in [-0.2, 0) is 0 Å². The Balaban J connectivity index is 0.000000380. The third-order valence-electron chi connectivity index (χ3n) is 3.62. The Bertz CT molecular complexity index is 1200. The first-order valence-electron chi connectivity index (χ1n) is 8.69. The molecule has 1 aromatic carbocycles. The molecule has 0 saturated heterocycles. The number of carbonyl (C=O) groups excluding carboxylic acids is 1. The van der Waals surface area contributed by atoms with Gasteiger partial charge in [-0.3, -0.25) is 10.1 Å². The number of nitro groups is 1. The van der Waals surface area contributed by atoms with Crippen LogP contribution in [0.15, 0.2) is 60.7 Å². The Kier molecular flexibility index (Phi) is 9.47. The van der Waals surface area contributed by atoms with Crippen molar-refractivity contribution in [2.24, 2.45) is 0 Å². The van der Waals surface area contributed by atoms with Crippen LogP contribution in [0.2, 0.25) is 0 Å². The van der Waals surface area contributed by atoms with E-state index in [1.807, 2.05) is 0 Å². The van der Waals surface area contributed by atoms with Gasteiger partial charge in [0, 0.05) is 12.1 Å². The molecule has 0 fully saturated rings.